The van der Waals surface area contributed by atoms with E-state index in [0.29, 0.717) is 0 Å². The van der Waals surface area contributed by atoms with Crippen molar-refractivity contribution in [2.24, 2.45) is 0 Å². The van der Waals surface area contributed by atoms with Crippen molar-refractivity contribution in [2.75, 3.05) is 13.7 Å². The monoisotopic (exact) mass is 219 g/mol. The highest BCUT2D eigenvalue weighted by atomic mass is 16.5. The minimum absolute atomic E-state index is 0.0910. The number of rotatable bonds is 3. The Morgan fingerprint density at radius 2 is 2.31 bits per heavy atom. The smallest absolute Gasteiger partial charge is 0.179 e. The van der Waals surface area contributed by atoms with E-state index in [1.807, 2.05) is 31.2 Å². The van der Waals surface area contributed by atoms with Crippen LogP contribution in [0.4, 0.5) is 0 Å². The molecule has 0 bridgehead atoms. The number of carbonyl (C=O) groups is 1. The summed E-state index contributed by atoms with van der Waals surface area (Å²) >= 11 is 0. The Morgan fingerprint density at radius 1 is 1.50 bits per heavy atom. The van der Waals surface area contributed by atoms with Crippen molar-refractivity contribution in [1.82, 2.24) is 5.32 Å². The number of aryl methyl sites for hydroxylation is 1. The molecule has 2 rings (SSSR count). The maximum atomic E-state index is 12.1. The molecule has 1 fully saturated rings. The summed E-state index contributed by atoms with van der Waals surface area (Å²) in [5, 5.41) is 3.20. The van der Waals surface area contributed by atoms with E-state index >= 15 is 0 Å². The average Bonchev–Trinajstić information content (AvgIpc) is 2.76. The third kappa shape index (κ3) is 2.31. The Bertz CT molecular complexity index is 389. The minimum atomic E-state index is -0.0910. The van der Waals surface area contributed by atoms with Crippen molar-refractivity contribution >= 4 is 5.78 Å². The van der Waals surface area contributed by atoms with Gasteiger partial charge in [-0.1, -0.05) is 23.8 Å². The first-order valence-corrected chi connectivity index (χ1v) is 5.58. The summed E-state index contributed by atoms with van der Waals surface area (Å²) in [6.45, 7) is 2.76. The first-order valence-electron chi connectivity index (χ1n) is 5.58. The summed E-state index contributed by atoms with van der Waals surface area (Å²) in [4.78, 5) is 12.1. The lowest BCUT2D eigenvalue weighted by Crippen LogP contribution is -2.30. The third-order valence-corrected chi connectivity index (χ3v) is 3.04. The molecule has 0 aromatic heterocycles. The highest BCUT2D eigenvalue weighted by Gasteiger charge is 2.29. The van der Waals surface area contributed by atoms with Gasteiger partial charge in [0, 0.05) is 19.2 Å². The molecule has 1 aromatic rings. The number of hydrogen-bond acceptors (Lipinski definition) is 3. The molecule has 3 nitrogen and oxygen atoms in total. The molecule has 3 heteroatoms. The molecule has 1 aliphatic heterocycles. The second-order valence-corrected chi connectivity index (χ2v) is 4.29. The summed E-state index contributed by atoms with van der Waals surface area (Å²) in [7, 11) is 1.69. The summed E-state index contributed by atoms with van der Waals surface area (Å²) in [5.74, 6) is 0.170. The van der Waals surface area contributed by atoms with E-state index in [1.54, 1.807) is 7.11 Å². The zero-order valence-corrected chi connectivity index (χ0v) is 9.69. The maximum Gasteiger partial charge on any atom is 0.179 e. The van der Waals surface area contributed by atoms with Crippen LogP contribution in [0.25, 0.3) is 0 Å². The van der Waals surface area contributed by atoms with Gasteiger partial charge in [0.05, 0.1) is 12.1 Å². The molecule has 0 radical (unpaired) electrons. The van der Waals surface area contributed by atoms with Crippen LogP contribution >= 0.6 is 0 Å². The zero-order valence-electron chi connectivity index (χ0n) is 9.69. The van der Waals surface area contributed by atoms with Crippen LogP contribution < -0.4 is 5.32 Å². The molecule has 2 atom stereocenters. The molecule has 0 amide bonds. The molecule has 2 unspecified atom stereocenters. The maximum absolute atomic E-state index is 12.1. The predicted molar refractivity (Wildman–Crippen MR) is 62.7 cm³/mol. The quantitative estimate of drug-likeness (QED) is 0.784. The number of ketones is 1. The van der Waals surface area contributed by atoms with E-state index in [4.69, 9.17) is 4.74 Å². The molecule has 16 heavy (non-hydrogen) atoms. The molecule has 0 aliphatic carbocycles. The van der Waals surface area contributed by atoms with E-state index in [0.717, 1.165) is 24.1 Å². The zero-order chi connectivity index (χ0) is 11.5. The number of methoxy groups -OCH3 is 1. The number of hydrogen-bond donors (Lipinski definition) is 1. The van der Waals surface area contributed by atoms with Gasteiger partial charge in [0.25, 0.3) is 0 Å². The molecular weight excluding hydrogens is 202 g/mol. The van der Waals surface area contributed by atoms with Gasteiger partial charge in [0.1, 0.15) is 0 Å². The number of nitrogens with one attached hydrogen (secondary N) is 1. The topological polar surface area (TPSA) is 38.3 Å². The van der Waals surface area contributed by atoms with E-state index in [9.17, 15) is 4.79 Å². The molecule has 0 spiro atoms. The van der Waals surface area contributed by atoms with Gasteiger partial charge in [-0.2, -0.15) is 0 Å². The third-order valence-electron chi connectivity index (χ3n) is 3.04. The molecule has 0 saturated carbocycles. The van der Waals surface area contributed by atoms with Crippen molar-refractivity contribution < 1.29 is 9.53 Å². The summed E-state index contributed by atoms with van der Waals surface area (Å²) in [6.07, 6.45) is 0.933. The average molecular weight is 219 g/mol. The predicted octanol–water partition coefficient (Wildman–Crippen LogP) is 1.55. The van der Waals surface area contributed by atoms with Crippen molar-refractivity contribution in [1.29, 1.82) is 0 Å². The lowest BCUT2D eigenvalue weighted by atomic mass is 10.0. The van der Waals surface area contributed by atoms with Crippen molar-refractivity contribution in [2.45, 2.75) is 25.5 Å². The highest BCUT2D eigenvalue weighted by Crippen LogP contribution is 2.15. The first kappa shape index (κ1) is 11.3. The summed E-state index contributed by atoms with van der Waals surface area (Å²) in [5.41, 5.74) is 1.90. The summed E-state index contributed by atoms with van der Waals surface area (Å²) < 4.78 is 5.24. The second-order valence-electron chi connectivity index (χ2n) is 4.29. The van der Waals surface area contributed by atoms with Crippen LogP contribution in [-0.2, 0) is 4.74 Å². The Balaban J connectivity index is 2.08. The van der Waals surface area contributed by atoms with Crippen LogP contribution in [0, 0.1) is 6.92 Å². The lowest BCUT2D eigenvalue weighted by Gasteiger charge is -2.09. The van der Waals surface area contributed by atoms with Crippen LogP contribution in [0.15, 0.2) is 24.3 Å². The van der Waals surface area contributed by atoms with E-state index < -0.39 is 0 Å². The highest BCUT2D eigenvalue weighted by molar-refractivity contribution is 6.00. The molecule has 1 N–H and O–H groups in total. The van der Waals surface area contributed by atoms with Crippen LogP contribution in [0.1, 0.15) is 22.3 Å². The number of Topliss-reactive ketones (excluding diaryl/α,β-unsaturated/α-hetero) is 1. The van der Waals surface area contributed by atoms with E-state index in [-0.39, 0.29) is 17.9 Å². The number of carbonyl (C=O) groups excluding carboxylic acids is 1. The van der Waals surface area contributed by atoms with Crippen molar-refractivity contribution in [3.8, 4) is 0 Å². The van der Waals surface area contributed by atoms with Gasteiger partial charge < -0.3 is 10.1 Å². The normalized spacial score (nSPS) is 24.6. The standard InChI is InChI=1S/C13H17NO2/c1-9-4-3-5-10(6-9)13(15)12-7-11(16-2)8-14-12/h3-6,11-12,14H,7-8H2,1-2H3. The molecule has 1 aromatic carbocycles. The van der Waals surface area contributed by atoms with Gasteiger partial charge in [-0.05, 0) is 19.4 Å². The van der Waals surface area contributed by atoms with Gasteiger partial charge in [-0.3, -0.25) is 4.79 Å². The van der Waals surface area contributed by atoms with Gasteiger partial charge >= 0.3 is 0 Å². The Hall–Kier alpha value is -1.19. The van der Waals surface area contributed by atoms with Crippen LogP contribution in [-0.4, -0.2) is 31.6 Å². The first-order chi connectivity index (χ1) is 7.70. The fourth-order valence-electron chi connectivity index (χ4n) is 2.08. The van der Waals surface area contributed by atoms with E-state index in [1.165, 1.54) is 0 Å². The molecule has 1 heterocycles. The van der Waals surface area contributed by atoms with Crippen LogP contribution in [0.2, 0.25) is 0 Å². The molecule has 1 aliphatic rings. The minimum Gasteiger partial charge on any atom is -0.380 e. The van der Waals surface area contributed by atoms with Crippen molar-refractivity contribution in [3.05, 3.63) is 35.4 Å². The number of ether oxygens (including phenoxy) is 1. The fraction of sp³-hybridized carbons (Fsp3) is 0.462. The van der Waals surface area contributed by atoms with Gasteiger partial charge in [-0.15, -0.1) is 0 Å². The van der Waals surface area contributed by atoms with Gasteiger partial charge in [0.15, 0.2) is 5.78 Å². The molecule has 86 valence electrons. The fourth-order valence-corrected chi connectivity index (χ4v) is 2.08. The van der Waals surface area contributed by atoms with Gasteiger partial charge in [-0.25, -0.2) is 0 Å². The van der Waals surface area contributed by atoms with Crippen molar-refractivity contribution in [3.63, 3.8) is 0 Å². The largest absolute Gasteiger partial charge is 0.380 e. The molecule has 1 saturated heterocycles. The second kappa shape index (κ2) is 4.76. The Morgan fingerprint density at radius 3 is 2.94 bits per heavy atom. The van der Waals surface area contributed by atoms with Crippen LogP contribution in [0.5, 0.6) is 0 Å². The Labute approximate surface area is 95.8 Å². The summed E-state index contributed by atoms with van der Waals surface area (Å²) in [6, 6.07) is 7.63. The van der Waals surface area contributed by atoms with Crippen LogP contribution in [0.3, 0.4) is 0 Å². The van der Waals surface area contributed by atoms with E-state index in [2.05, 4.69) is 5.32 Å². The number of benzene rings is 1. The lowest BCUT2D eigenvalue weighted by molar-refractivity contribution is 0.0919. The van der Waals surface area contributed by atoms with Gasteiger partial charge in [0.2, 0.25) is 0 Å². The Kier molecular flexibility index (Phi) is 3.36. The molecular formula is C13H17NO2. The SMILES string of the molecule is COC1CNC(C(=O)c2cccc(C)c2)C1.